The smallest absolute Gasteiger partial charge is 0.227 e. The summed E-state index contributed by atoms with van der Waals surface area (Å²) in [6.45, 7) is 7.96. The van der Waals surface area contributed by atoms with Crippen molar-refractivity contribution in [3.05, 3.63) is 64.7 Å². The molecule has 0 saturated carbocycles. The molecule has 4 rings (SSSR count). The van der Waals surface area contributed by atoms with Crippen LogP contribution in [-0.2, 0) is 11.2 Å². The maximum atomic E-state index is 13.9. The first-order chi connectivity index (χ1) is 14.8. The average Bonchev–Trinajstić information content (AvgIpc) is 3.07. The van der Waals surface area contributed by atoms with Gasteiger partial charge in [-0.3, -0.25) is 4.79 Å². The van der Waals surface area contributed by atoms with Crippen LogP contribution in [0, 0.1) is 32.4 Å². The number of benzene rings is 1. The van der Waals surface area contributed by atoms with Crippen LogP contribution in [0.15, 0.2) is 30.3 Å². The highest BCUT2D eigenvalue weighted by Crippen LogP contribution is 2.19. The Labute approximate surface area is 179 Å². The van der Waals surface area contributed by atoms with Gasteiger partial charge in [0.1, 0.15) is 23.3 Å². The Morgan fingerprint density at radius 3 is 2.32 bits per heavy atom. The summed E-state index contributed by atoms with van der Waals surface area (Å²) in [5.74, 6) is 0.616. The molecule has 3 aromatic rings. The molecule has 3 heterocycles. The molecule has 1 fully saturated rings. The van der Waals surface area contributed by atoms with Crippen LogP contribution < -0.4 is 4.90 Å². The second-order valence-corrected chi connectivity index (χ2v) is 7.75. The Hall–Kier alpha value is -3.36. The first-order valence-corrected chi connectivity index (χ1v) is 10.2. The van der Waals surface area contributed by atoms with E-state index >= 15 is 0 Å². The Bertz CT molecular complexity index is 1120. The third-order valence-electron chi connectivity index (χ3n) is 5.35. The van der Waals surface area contributed by atoms with Crippen molar-refractivity contribution in [3.63, 3.8) is 0 Å². The zero-order valence-electron chi connectivity index (χ0n) is 17.8. The molecule has 1 amide bonds. The lowest BCUT2D eigenvalue weighted by molar-refractivity contribution is -0.130. The van der Waals surface area contributed by atoms with Gasteiger partial charge in [-0.1, -0.05) is 6.07 Å². The lowest BCUT2D eigenvalue weighted by Gasteiger charge is -2.35. The van der Waals surface area contributed by atoms with E-state index in [1.807, 2.05) is 32.9 Å². The number of amides is 1. The van der Waals surface area contributed by atoms with Gasteiger partial charge in [0.15, 0.2) is 5.82 Å². The van der Waals surface area contributed by atoms with E-state index in [9.17, 15) is 13.6 Å². The van der Waals surface area contributed by atoms with Crippen LogP contribution in [0.3, 0.4) is 0 Å². The number of halogens is 2. The van der Waals surface area contributed by atoms with Gasteiger partial charge in [-0.2, -0.15) is 5.10 Å². The number of carbonyl (C=O) groups excluding carboxylic acids is 1. The first-order valence-electron chi connectivity index (χ1n) is 10.2. The minimum Gasteiger partial charge on any atom is -0.353 e. The van der Waals surface area contributed by atoms with E-state index in [0.717, 1.165) is 23.3 Å². The molecule has 1 aliphatic rings. The summed E-state index contributed by atoms with van der Waals surface area (Å²) >= 11 is 0. The van der Waals surface area contributed by atoms with Crippen LogP contribution in [-0.4, -0.2) is 56.7 Å². The van der Waals surface area contributed by atoms with E-state index in [0.29, 0.717) is 37.8 Å². The summed E-state index contributed by atoms with van der Waals surface area (Å²) in [5.41, 5.74) is 2.11. The predicted molar refractivity (Wildman–Crippen MR) is 112 cm³/mol. The number of aryl methyl sites for hydroxylation is 3. The average molecular weight is 426 g/mol. The minimum absolute atomic E-state index is 0.0825. The largest absolute Gasteiger partial charge is 0.353 e. The fourth-order valence-electron chi connectivity index (χ4n) is 3.79. The molecule has 0 aliphatic carbocycles. The third-order valence-corrected chi connectivity index (χ3v) is 5.35. The molecule has 9 heteroatoms. The van der Waals surface area contributed by atoms with Crippen molar-refractivity contribution in [1.29, 1.82) is 0 Å². The normalized spacial score (nSPS) is 14.2. The van der Waals surface area contributed by atoms with Crippen LogP contribution in [0.25, 0.3) is 5.82 Å². The SMILES string of the molecule is Cc1cc(C)n(-c2cc(N3CCN(C(=O)Cc4ccc(F)cc4F)CC3)nc(C)n2)n1. The van der Waals surface area contributed by atoms with Gasteiger partial charge in [-0.25, -0.2) is 23.4 Å². The number of nitrogens with zero attached hydrogens (tertiary/aromatic N) is 6. The van der Waals surface area contributed by atoms with Crippen molar-refractivity contribution < 1.29 is 13.6 Å². The highest BCUT2D eigenvalue weighted by Gasteiger charge is 2.23. The molecular weight excluding hydrogens is 402 g/mol. The van der Waals surface area contributed by atoms with Gasteiger partial charge in [0.25, 0.3) is 0 Å². The Balaban J connectivity index is 1.44. The van der Waals surface area contributed by atoms with E-state index < -0.39 is 11.6 Å². The number of carbonyl (C=O) groups is 1. The molecule has 0 unspecified atom stereocenters. The minimum atomic E-state index is -0.694. The van der Waals surface area contributed by atoms with Crippen molar-refractivity contribution in [1.82, 2.24) is 24.6 Å². The molecule has 7 nitrogen and oxygen atoms in total. The summed E-state index contributed by atoms with van der Waals surface area (Å²) in [6.07, 6.45) is -0.0825. The number of hydrogen-bond donors (Lipinski definition) is 0. The molecule has 0 atom stereocenters. The summed E-state index contributed by atoms with van der Waals surface area (Å²) in [5, 5.41) is 4.50. The molecule has 0 spiro atoms. The van der Waals surface area contributed by atoms with Gasteiger partial charge in [0.2, 0.25) is 5.91 Å². The van der Waals surface area contributed by atoms with E-state index in [2.05, 4.69) is 20.0 Å². The van der Waals surface area contributed by atoms with Crippen LogP contribution in [0.4, 0.5) is 14.6 Å². The van der Waals surface area contributed by atoms with Crippen LogP contribution in [0.5, 0.6) is 0 Å². The molecule has 2 aromatic heterocycles. The molecule has 31 heavy (non-hydrogen) atoms. The molecule has 1 aromatic carbocycles. The standard InChI is InChI=1S/C22H24F2N6O/c1-14-10-15(2)30(27-14)21-13-20(25-16(3)26-21)28-6-8-29(9-7-28)22(31)11-17-4-5-18(23)12-19(17)24/h4-5,10,12-13H,6-9,11H2,1-3H3. The fraction of sp³-hybridized carbons (Fsp3) is 0.364. The number of hydrogen-bond acceptors (Lipinski definition) is 5. The van der Waals surface area contributed by atoms with Crippen LogP contribution in [0.1, 0.15) is 22.8 Å². The Morgan fingerprint density at radius 2 is 1.68 bits per heavy atom. The third kappa shape index (κ3) is 4.55. The van der Waals surface area contributed by atoms with Gasteiger partial charge >= 0.3 is 0 Å². The molecule has 1 aliphatic heterocycles. The van der Waals surface area contributed by atoms with E-state index in [-0.39, 0.29) is 17.9 Å². The lowest BCUT2D eigenvalue weighted by atomic mass is 10.1. The van der Waals surface area contributed by atoms with Crippen molar-refractivity contribution in [2.45, 2.75) is 27.2 Å². The topological polar surface area (TPSA) is 67.2 Å². The summed E-state index contributed by atoms with van der Waals surface area (Å²) in [6, 6.07) is 7.19. The molecule has 1 saturated heterocycles. The van der Waals surface area contributed by atoms with Crippen molar-refractivity contribution >= 4 is 11.7 Å². The van der Waals surface area contributed by atoms with Crippen molar-refractivity contribution in [3.8, 4) is 5.82 Å². The molecule has 0 bridgehead atoms. The van der Waals surface area contributed by atoms with Crippen molar-refractivity contribution in [2.75, 3.05) is 31.1 Å². The van der Waals surface area contributed by atoms with Gasteiger partial charge in [0.05, 0.1) is 12.1 Å². The summed E-state index contributed by atoms with van der Waals surface area (Å²) in [4.78, 5) is 25.5. The van der Waals surface area contributed by atoms with Gasteiger partial charge in [-0.05, 0) is 38.5 Å². The van der Waals surface area contributed by atoms with Crippen LogP contribution in [0.2, 0.25) is 0 Å². The van der Waals surface area contributed by atoms with E-state index in [1.165, 1.54) is 12.1 Å². The second kappa shape index (κ2) is 8.41. The number of rotatable bonds is 4. The monoisotopic (exact) mass is 426 g/mol. The Morgan fingerprint density at radius 1 is 0.968 bits per heavy atom. The maximum Gasteiger partial charge on any atom is 0.227 e. The number of anilines is 1. The highest BCUT2D eigenvalue weighted by atomic mass is 19.1. The summed E-state index contributed by atoms with van der Waals surface area (Å²) < 4.78 is 28.7. The lowest BCUT2D eigenvalue weighted by Crippen LogP contribution is -2.49. The zero-order valence-corrected chi connectivity index (χ0v) is 17.8. The van der Waals surface area contributed by atoms with Gasteiger partial charge < -0.3 is 9.80 Å². The fourth-order valence-corrected chi connectivity index (χ4v) is 3.79. The molecule has 0 N–H and O–H groups in total. The predicted octanol–water partition coefficient (Wildman–Crippen LogP) is 2.76. The molecular formula is C22H24F2N6O. The molecule has 0 radical (unpaired) electrons. The van der Waals surface area contributed by atoms with Crippen LogP contribution >= 0.6 is 0 Å². The van der Waals surface area contributed by atoms with Gasteiger partial charge in [-0.15, -0.1) is 0 Å². The molecule has 162 valence electrons. The van der Waals surface area contributed by atoms with Crippen molar-refractivity contribution in [2.24, 2.45) is 0 Å². The Kier molecular flexibility index (Phi) is 5.67. The highest BCUT2D eigenvalue weighted by molar-refractivity contribution is 5.79. The number of piperazine rings is 1. The quantitative estimate of drug-likeness (QED) is 0.642. The van der Waals surface area contributed by atoms with E-state index in [4.69, 9.17) is 0 Å². The summed E-state index contributed by atoms with van der Waals surface area (Å²) in [7, 11) is 0. The first kappa shape index (κ1) is 20.9. The maximum absolute atomic E-state index is 13.9. The zero-order chi connectivity index (χ0) is 22.1. The van der Waals surface area contributed by atoms with E-state index in [1.54, 1.807) is 9.58 Å². The second-order valence-electron chi connectivity index (χ2n) is 7.75. The van der Waals surface area contributed by atoms with Gasteiger partial charge in [0, 0.05) is 44.0 Å². The number of aromatic nitrogens is 4.